The molecule has 0 aliphatic heterocycles. The van der Waals surface area contributed by atoms with Gasteiger partial charge < -0.3 is 39.9 Å². The maximum absolute atomic E-state index is 12.7. The highest BCUT2D eigenvalue weighted by molar-refractivity contribution is 7.47. The number of aliphatic hydroxyl groups is 5. The van der Waals surface area contributed by atoms with Crippen molar-refractivity contribution in [1.29, 1.82) is 0 Å². The molecule has 0 bridgehead atoms. The molecule has 0 radical (unpaired) electrons. The van der Waals surface area contributed by atoms with Crippen LogP contribution in [0.4, 0.5) is 0 Å². The van der Waals surface area contributed by atoms with Crippen molar-refractivity contribution in [2.45, 2.75) is 166 Å². The predicted octanol–water partition coefficient (Wildman–Crippen LogP) is 6.13. The first-order valence-electron chi connectivity index (χ1n) is 19.0. The molecule has 1 saturated carbocycles. The summed E-state index contributed by atoms with van der Waals surface area (Å²) in [6.45, 7) is 3.97. The number of carbonyl (C=O) groups excluding carboxylic acids is 1. The molecule has 0 aromatic heterocycles. The first-order chi connectivity index (χ1) is 24.5. The molecule has 0 spiro atoms. The quantitative estimate of drug-likeness (QED) is 0.0214. The van der Waals surface area contributed by atoms with Crippen LogP contribution in [0.25, 0.3) is 0 Å². The lowest BCUT2D eigenvalue weighted by Gasteiger charge is -2.41. The summed E-state index contributed by atoms with van der Waals surface area (Å²) in [6.07, 6.45) is 20.6. The van der Waals surface area contributed by atoms with Gasteiger partial charge in [-0.15, -0.1) is 0 Å². The molecule has 6 unspecified atom stereocenters. The molecule has 1 rings (SSSR count). The summed E-state index contributed by atoms with van der Waals surface area (Å²) in [5.41, 5.74) is 0. The number of aliphatic hydroxyl groups excluding tert-OH is 5. The summed E-state index contributed by atoms with van der Waals surface area (Å²) in [4.78, 5) is 22.9. The number of unbranched alkanes of at least 4 members (excludes halogenated alkanes) is 10. The lowest BCUT2D eigenvalue weighted by atomic mass is 9.85. The Bertz CT molecular complexity index is 1030. The molecular weight excluding hydrogens is 679 g/mol. The van der Waals surface area contributed by atoms with E-state index in [1.54, 1.807) is 0 Å². The number of carbonyl (C=O) groups is 1. The molecule has 0 aromatic rings. The number of hydrogen-bond donors (Lipinski definition) is 6. The van der Waals surface area contributed by atoms with Crippen molar-refractivity contribution in [3.63, 3.8) is 0 Å². The predicted molar refractivity (Wildman–Crippen MR) is 198 cm³/mol. The van der Waals surface area contributed by atoms with E-state index < -0.39 is 63.1 Å². The second-order valence-corrected chi connectivity index (χ2v) is 14.4. The van der Waals surface area contributed by atoms with Crippen LogP contribution in [0.15, 0.2) is 48.6 Å². The minimum atomic E-state index is -5.02. The highest BCUT2D eigenvalue weighted by Gasteiger charge is 2.51. The van der Waals surface area contributed by atoms with Gasteiger partial charge >= 0.3 is 13.8 Å². The Balaban J connectivity index is 2.51. The zero-order valence-electron chi connectivity index (χ0n) is 30.9. The minimum Gasteiger partial charge on any atom is -0.457 e. The second kappa shape index (κ2) is 29.7. The molecule has 296 valence electrons. The van der Waals surface area contributed by atoms with Crippen LogP contribution in [0.2, 0.25) is 0 Å². The van der Waals surface area contributed by atoms with Crippen molar-refractivity contribution in [2.24, 2.45) is 0 Å². The van der Waals surface area contributed by atoms with Gasteiger partial charge in [0.15, 0.2) is 0 Å². The summed E-state index contributed by atoms with van der Waals surface area (Å²) >= 11 is 0. The Kier molecular flexibility index (Phi) is 27.6. The van der Waals surface area contributed by atoms with Crippen molar-refractivity contribution in [3.8, 4) is 0 Å². The monoisotopic (exact) mass is 746 g/mol. The molecule has 51 heavy (non-hydrogen) atoms. The van der Waals surface area contributed by atoms with Crippen LogP contribution < -0.4 is 0 Å². The molecule has 1 aliphatic carbocycles. The SMILES string of the molecule is CC/C=C\C/C=C\C/C=C\CCCCCCOCC(COP(=O)(O)OC1C(O)C(O)C(O)C(O)C1O)OC(=O)CCCCCCC/C=C\CCC. The van der Waals surface area contributed by atoms with E-state index in [4.69, 9.17) is 18.5 Å². The highest BCUT2D eigenvalue weighted by Crippen LogP contribution is 2.47. The standard InChI is InChI=1S/C38H67O12P/c1-3-5-7-9-11-13-15-16-17-18-20-22-24-26-28-47-29-31(49-32(39)27-25-23-21-19-14-12-10-8-6-4-2)30-48-51(45,46)50-38-36(43)34(41)33(40)35(42)37(38)44/h5,7-8,10-11,13,16-17,31,33-38,40-44H,3-4,6,9,12,14-15,18-30H2,1-2H3,(H,45,46)/b7-5-,10-8-,13-11-,17-16-. The molecule has 0 heterocycles. The number of hydrogen-bond acceptors (Lipinski definition) is 11. The van der Waals surface area contributed by atoms with Crippen molar-refractivity contribution in [2.75, 3.05) is 19.8 Å². The Morgan fingerprint density at radius 3 is 1.78 bits per heavy atom. The van der Waals surface area contributed by atoms with Crippen molar-refractivity contribution in [3.05, 3.63) is 48.6 Å². The average molecular weight is 747 g/mol. The second-order valence-electron chi connectivity index (χ2n) is 13.0. The first kappa shape index (κ1) is 47.3. The van der Waals surface area contributed by atoms with Gasteiger partial charge in [0.2, 0.25) is 0 Å². The fraction of sp³-hybridized carbons (Fsp3) is 0.763. The summed E-state index contributed by atoms with van der Waals surface area (Å²) in [7, 11) is -5.02. The van der Waals surface area contributed by atoms with E-state index in [9.17, 15) is 39.8 Å². The van der Waals surface area contributed by atoms with Gasteiger partial charge in [-0.1, -0.05) is 101 Å². The number of ether oxygens (including phenoxy) is 2. The van der Waals surface area contributed by atoms with Gasteiger partial charge in [-0.2, -0.15) is 0 Å². The number of phosphoric acid groups is 1. The van der Waals surface area contributed by atoms with E-state index in [0.717, 1.165) is 96.3 Å². The molecule has 13 heteroatoms. The molecule has 6 N–H and O–H groups in total. The van der Waals surface area contributed by atoms with Gasteiger partial charge in [-0.05, 0) is 64.2 Å². The topological polar surface area (TPSA) is 192 Å². The van der Waals surface area contributed by atoms with Crippen molar-refractivity contribution >= 4 is 13.8 Å². The number of phosphoric ester groups is 1. The first-order valence-corrected chi connectivity index (χ1v) is 20.5. The summed E-state index contributed by atoms with van der Waals surface area (Å²) in [5, 5.41) is 49.9. The van der Waals surface area contributed by atoms with E-state index in [1.165, 1.54) is 0 Å². The van der Waals surface area contributed by atoms with Crippen LogP contribution in [0, 0.1) is 0 Å². The third-order valence-corrected chi connectivity index (χ3v) is 9.40. The van der Waals surface area contributed by atoms with Gasteiger partial charge in [0.25, 0.3) is 0 Å². The van der Waals surface area contributed by atoms with Crippen LogP contribution in [0.3, 0.4) is 0 Å². The van der Waals surface area contributed by atoms with E-state index in [-0.39, 0.29) is 13.0 Å². The molecule has 1 fully saturated rings. The summed E-state index contributed by atoms with van der Waals surface area (Å²) in [6, 6.07) is 0. The Morgan fingerprint density at radius 1 is 0.647 bits per heavy atom. The van der Waals surface area contributed by atoms with Gasteiger partial charge in [0.05, 0.1) is 13.2 Å². The Hall–Kier alpha value is -1.70. The molecule has 0 amide bonds. The lowest BCUT2D eigenvalue weighted by molar-refractivity contribution is -0.220. The number of rotatable bonds is 30. The van der Waals surface area contributed by atoms with Crippen LogP contribution in [0.1, 0.15) is 123 Å². The maximum Gasteiger partial charge on any atom is 0.472 e. The van der Waals surface area contributed by atoms with Gasteiger partial charge in [-0.3, -0.25) is 13.8 Å². The van der Waals surface area contributed by atoms with Crippen LogP contribution in [-0.4, -0.2) is 98.9 Å². The Morgan fingerprint density at radius 2 is 1.16 bits per heavy atom. The van der Waals surface area contributed by atoms with Crippen LogP contribution >= 0.6 is 7.82 Å². The van der Waals surface area contributed by atoms with Crippen LogP contribution in [-0.2, 0) is 27.9 Å². The van der Waals surface area contributed by atoms with Crippen molar-refractivity contribution in [1.82, 2.24) is 0 Å². The molecule has 0 saturated heterocycles. The smallest absolute Gasteiger partial charge is 0.457 e. The van der Waals surface area contributed by atoms with Gasteiger partial charge in [-0.25, -0.2) is 4.57 Å². The highest BCUT2D eigenvalue weighted by atomic mass is 31.2. The van der Waals surface area contributed by atoms with E-state index >= 15 is 0 Å². The average Bonchev–Trinajstić information content (AvgIpc) is 3.11. The molecular formula is C38H67O12P. The molecule has 0 aromatic carbocycles. The summed E-state index contributed by atoms with van der Waals surface area (Å²) < 4.78 is 33.9. The largest absolute Gasteiger partial charge is 0.472 e. The van der Waals surface area contributed by atoms with E-state index in [2.05, 4.69) is 62.5 Å². The number of allylic oxidation sites excluding steroid dienone is 8. The van der Waals surface area contributed by atoms with Crippen molar-refractivity contribution < 1.29 is 58.3 Å². The van der Waals surface area contributed by atoms with E-state index in [0.29, 0.717) is 13.0 Å². The third kappa shape index (κ3) is 22.9. The molecule has 12 nitrogen and oxygen atoms in total. The van der Waals surface area contributed by atoms with Gasteiger partial charge in [0, 0.05) is 13.0 Å². The normalized spacial score (nSPS) is 24.6. The number of esters is 1. The van der Waals surface area contributed by atoms with Crippen LogP contribution in [0.5, 0.6) is 0 Å². The third-order valence-electron chi connectivity index (χ3n) is 8.42. The van der Waals surface area contributed by atoms with E-state index in [1.807, 2.05) is 0 Å². The maximum atomic E-state index is 12.7. The zero-order chi connectivity index (χ0) is 37.7. The van der Waals surface area contributed by atoms with Gasteiger partial charge in [0.1, 0.15) is 42.7 Å². The fourth-order valence-corrected chi connectivity index (χ4v) is 6.34. The zero-order valence-corrected chi connectivity index (χ0v) is 31.8. The fourth-order valence-electron chi connectivity index (χ4n) is 5.37. The lowest BCUT2D eigenvalue weighted by Crippen LogP contribution is -2.64. The molecule has 1 aliphatic rings. The Labute approximate surface area is 305 Å². The summed E-state index contributed by atoms with van der Waals surface area (Å²) in [5.74, 6) is -0.501. The minimum absolute atomic E-state index is 0.0971. The molecule has 6 atom stereocenters.